The van der Waals surface area contributed by atoms with E-state index in [0.717, 1.165) is 5.56 Å². The van der Waals surface area contributed by atoms with Crippen LogP contribution >= 0.6 is 26.8 Å². The normalized spacial score (nSPS) is 14.1. The van der Waals surface area contributed by atoms with E-state index in [1.807, 2.05) is 57.2 Å². The van der Waals surface area contributed by atoms with Gasteiger partial charge in [0.25, 0.3) is 0 Å². The molecule has 0 aromatic heterocycles. The topological polar surface area (TPSA) is 35.5 Å². The number of hydrogen-bond donors (Lipinski definition) is 0. The molecule has 2 rings (SSSR count). The van der Waals surface area contributed by atoms with Gasteiger partial charge in [-0.3, -0.25) is 0 Å². The SMILES string of the molecule is CCOP(=O)(c1ccccc1)c1ccc(OC(C)C)c([CH]=[Ru]([Cl])[Cl])c1. The van der Waals surface area contributed by atoms with Crippen LogP contribution in [0.3, 0.4) is 0 Å². The minimum atomic E-state index is -3.19. The van der Waals surface area contributed by atoms with E-state index in [1.165, 1.54) is 0 Å². The summed E-state index contributed by atoms with van der Waals surface area (Å²) < 4.78 is 27.0. The van der Waals surface area contributed by atoms with Gasteiger partial charge in [0.15, 0.2) is 0 Å². The van der Waals surface area contributed by atoms with Crippen molar-refractivity contribution in [1.29, 1.82) is 0 Å². The molecule has 0 saturated carbocycles. The zero-order chi connectivity index (χ0) is 18.4. The molecule has 2 aromatic carbocycles. The molecule has 0 N–H and O–H groups in total. The first kappa shape index (κ1) is 20.8. The molecule has 2 aromatic rings. The van der Waals surface area contributed by atoms with E-state index in [4.69, 9.17) is 28.6 Å². The van der Waals surface area contributed by atoms with Gasteiger partial charge in [0.2, 0.25) is 0 Å². The minimum absolute atomic E-state index is 0.0112. The third-order valence-electron chi connectivity index (χ3n) is 3.29. The first-order chi connectivity index (χ1) is 11.9. The zero-order valence-corrected chi connectivity index (χ0v) is 18.4. The van der Waals surface area contributed by atoms with Crippen LogP contribution in [-0.4, -0.2) is 17.3 Å². The number of hydrogen-bond acceptors (Lipinski definition) is 3. The molecule has 7 heteroatoms. The monoisotopic (exact) mass is 488 g/mol. The molecule has 0 aliphatic heterocycles. The second-order valence-electron chi connectivity index (χ2n) is 5.50. The molecule has 0 radical (unpaired) electrons. The summed E-state index contributed by atoms with van der Waals surface area (Å²) in [6.07, 6.45) is 0.0112. The Bertz CT molecular complexity index is 790. The van der Waals surface area contributed by atoms with Crippen LogP contribution in [0.1, 0.15) is 26.3 Å². The summed E-state index contributed by atoms with van der Waals surface area (Å²) in [6, 6.07) is 14.6. The van der Waals surface area contributed by atoms with E-state index in [-0.39, 0.29) is 6.10 Å². The van der Waals surface area contributed by atoms with Crippen molar-refractivity contribution in [3.63, 3.8) is 0 Å². The average molecular weight is 488 g/mol. The Morgan fingerprint density at radius 1 is 1.12 bits per heavy atom. The summed E-state index contributed by atoms with van der Waals surface area (Å²) >= 11 is -2.07. The Hall–Kier alpha value is -0.497. The molecular formula is C18H21Cl2O3PRu. The predicted octanol–water partition coefficient (Wildman–Crippen LogP) is 4.82. The van der Waals surface area contributed by atoms with E-state index < -0.39 is 20.9 Å². The van der Waals surface area contributed by atoms with Crippen LogP contribution in [0.2, 0.25) is 0 Å². The summed E-state index contributed by atoms with van der Waals surface area (Å²) in [6.45, 7) is 6.07. The quantitative estimate of drug-likeness (QED) is 0.415. The third kappa shape index (κ3) is 5.49. The Morgan fingerprint density at radius 3 is 2.36 bits per heavy atom. The zero-order valence-electron chi connectivity index (χ0n) is 14.3. The van der Waals surface area contributed by atoms with Crippen molar-refractivity contribution in [2.45, 2.75) is 26.9 Å². The fourth-order valence-electron chi connectivity index (χ4n) is 2.35. The van der Waals surface area contributed by atoms with Crippen molar-refractivity contribution in [3.8, 4) is 5.75 Å². The molecule has 0 saturated heterocycles. The molecule has 0 fully saturated rings. The van der Waals surface area contributed by atoms with Crippen molar-refractivity contribution in [2.24, 2.45) is 0 Å². The molecule has 0 amide bonds. The fourth-order valence-corrected chi connectivity index (χ4v) is 6.24. The summed E-state index contributed by atoms with van der Waals surface area (Å²) in [5.41, 5.74) is 0.755. The second-order valence-corrected chi connectivity index (χ2v) is 13.6. The Morgan fingerprint density at radius 2 is 1.80 bits per heavy atom. The van der Waals surface area contributed by atoms with Gasteiger partial charge in [0.05, 0.1) is 0 Å². The van der Waals surface area contributed by atoms with Crippen molar-refractivity contribution < 1.29 is 27.3 Å². The molecule has 1 unspecified atom stereocenters. The number of benzene rings is 2. The van der Waals surface area contributed by atoms with Gasteiger partial charge in [-0.15, -0.1) is 0 Å². The molecule has 25 heavy (non-hydrogen) atoms. The average Bonchev–Trinajstić information content (AvgIpc) is 2.56. The van der Waals surface area contributed by atoms with Gasteiger partial charge in [-0.25, -0.2) is 0 Å². The Labute approximate surface area is 162 Å². The van der Waals surface area contributed by atoms with E-state index in [1.54, 1.807) is 16.7 Å². The van der Waals surface area contributed by atoms with Gasteiger partial charge in [0.1, 0.15) is 0 Å². The molecule has 1 atom stereocenters. The molecule has 138 valence electrons. The van der Waals surface area contributed by atoms with E-state index >= 15 is 0 Å². The van der Waals surface area contributed by atoms with Gasteiger partial charge < -0.3 is 0 Å². The van der Waals surface area contributed by atoms with Crippen LogP contribution in [0.4, 0.5) is 0 Å². The Balaban J connectivity index is 2.59. The molecule has 0 aliphatic rings. The van der Waals surface area contributed by atoms with Crippen LogP contribution in [0.5, 0.6) is 5.75 Å². The van der Waals surface area contributed by atoms with Gasteiger partial charge in [-0.1, -0.05) is 0 Å². The van der Waals surface area contributed by atoms with Crippen LogP contribution < -0.4 is 15.3 Å². The van der Waals surface area contributed by atoms with Crippen molar-refractivity contribution in [1.82, 2.24) is 0 Å². The van der Waals surface area contributed by atoms with Gasteiger partial charge in [0, 0.05) is 0 Å². The third-order valence-corrected chi connectivity index (χ3v) is 7.68. The van der Waals surface area contributed by atoms with Crippen LogP contribution in [0, 0.1) is 0 Å². The van der Waals surface area contributed by atoms with E-state index in [0.29, 0.717) is 23.0 Å². The molecule has 0 heterocycles. The first-order valence-electron chi connectivity index (χ1n) is 7.81. The van der Waals surface area contributed by atoms with Crippen LogP contribution in [0.25, 0.3) is 0 Å². The van der Waals surface area contributed by atoms with Gasteiger partial charge in [-0.05, 0) is 0 Å². The molecule has 0 bridgehead atoms. The van der Waals surface area contributed by atoms with Gasteiger partial charge in [-0.2, -0.15) is 0 Å². The van der Waals surface area contributed by atoms with E-state index in [2.05, 4.69) is 0 Å². The maximum absolute atomic E-state index is 13.7. The second kappa shape index (κ2) is 9.44. The molecular weight excluding hydrogens is 467 g/mol. The van der Waals surface area contributed by atoms with Crippen molar-refractivity contribution in [3.05, 3.63) is 54.1 Å². The molecule has 0 spiro atoms. The fraction of sp³-hybridized carbons (Fsp3) is 0.278. The van der Waals surface area contributed by atoms with Crippen LogP contribution in [-0.2, 0) is 22.6 Å². The van der Waals surface area contributed by atoms with Crippen molar-refractivity contribution >= 4 is 42.0 Å². The summed E-state index contributed by atoms with van der Waals surface area (Å²) in [5, 5.41) is 1.26. The summed E-state index contributed by atoms with van der Waals surface area (Å²) in [5.74, 6) is 0.676. The number of ether oxygens (including phenoxy) is 1. The number of rotatable bonds is 7. The summed E-state index contributed by atoms with van der Waals surface area (Å²) in [4.78, 5) is 0. The van der Waals surface area contributed by atoms with Gasteiger partial charge >= 0.3 is 163 Å². The Kier molecular flexibility index (Phi) is 7.86. The maximum atomic E-state index is 13.7. The van der Waals surface area contributed by atoms with Crippen molar-refractivity contribution in [2.75, 3.05) is 6.61 Å². The van der Waals surface area contributed by atoms with Crippen LogP contribution in [0.15, 0.2) is 48.5 Å². The molecule has 3 nitrogen and oxygen atoms in total. The first-order valence-corrected chi connectivity index (χ1v) is 14.9. The van der Waals surface area contributed by atoms with E-state index in [9.17, 15) is 4.57 Å². The predicted molar refractivity (Wildman–Crippen MR) is 104 cm³/mol. The molecule has 0 aliphatic carbocycles. The summed E-state index contributed by atoms with van der Waals surface area (Å²) in [7, 11) is 8.93. The standard InChI is InChI=1S/C18H21O3P.2ClH.Ru/c1-5-20-22(19,16-9-7-6-8-10-16)17-11-12-18(15(4)13-17)21-14(2)3;;;/h4,6-14H,5H2,1-3H3;2*1H;/q;;;+2/p-2. The number of halogens is 2.